The van der Waals surface area contributed by atoms with Crippen molar-refractivity contribution in [1.82, 2.24) is 4.98 Å². The van der Waals surface area contributed by atoms with E-state index in [4.69, 9.17) is 5.26 Å². The van der Waals surface area contributed by atoms with Crippen molar-refractivity contribution in [3.8, 4) is 6.07 Å². The lowest BCUT2D eigenvalue weighted by Gasteiger charge is -2.04. The van der Waals surface area contributed by atoms with E-state index < -0.39 is 0 Å². The first-order chi connectivity index (χ1) is 6.86. The molecule has 0 aliphatic carbocycles. The molecule has 0 atom stereocenters. The van der Waals surface area contributed by atoms with Gasteiger partial charge in [0, 0.05) is 6.54 Å². The maximum atomic E-state index is 8.63. The van der Waals surface area contributed by atoms with Crippen LogP contribution >= 0.6 is 0 Å². The molecule has 3 heteroatoms. The van der Waals surface area contributed by atoms with Gasteiger partial charge in [0.05, 0.1) is 0 Å². The fourth-order valence-electron chi connectivity index (χ4n) is 1.19. The van der Waals surface area contributed by atoms with Crippen LogP contribution in [0.5, 0.6) is 0 Å². The first-order valence-corrected chi connectivity index (χ1v) is 4.98. The number of nitrogens with one attached hydrogen (secondary N) is 1. The summed E-state index contributed by atoms with van der Waals surface area (Å²) in [5.41, 5.74) is 0.463. The largest absolute Gasteiger partial charge is 0.370 e. The van der Waals surface area contributed by atoms with Crippen LogP contribution in [0.4, 0.5) is 5.82 Å². The quantitative estimate of drug-likeness (QED) is 0.724. The average molecular weight is 189 g/mol. The van der Waals surface area contributed by atoms with Gasteiger partial charge in [-0.3, -0.25) is 0 Å². The Morgan fingerprint density at radius 3 is 3.00 bits per heavy atom. The third kappa shape index (κ3) is 3.44. The lowest BCUT2D eigenvalue weighted by Crippen LogP contribution is -2.03. The van der Waals surface area contributed by atoms with E-state index in [1.54, 1.807) is 6.07 Å². The van der Waals surface area contributed by atoms with Crippen molar-refractivity contribution in [2.24, 2.45) is 0 Å². The zero-order valence-corrected chi connectivity index (χ0v) is 8.45. The molecule has 74 valence electrons. The highest BCUT2D eigenvalue weighted by atomic mass is 15.0. The van der Waals surface area contributed by atoms with E-state index >= 15 is 0 Å². The second-order valence-corrected chi connectivity index (χ2v) is 3.15. The van der Waals surface area contributed by atoms with E-state index in [2.05, 4.69) is 17.2 Å². The molecule has 1 aromatic rings. The molecule has 1 rings (SSSR count). The minimum absolute atomic E-state index is 0.463. The molecular formula is C11H15N3. The van der Waals surface area contributed by atoms with Crippen LogP contribution in [0.1, 0.15) is 31.9 Å². The Labute approximate surface area is 84.8 Å². The third-order valence-electron chi connectivity index (χ3n) is 1.95. The molecule has 0 aromatic carbocycles. The van der Waals surface area contributed by atoms with Crippen molar-refractivity contribution in [3.05, 3.63) is 23.9 Å². The first-order valence-electron chi connectivity index (χ1n) is 4.98. The number of nitriles is 1. The highest BCUT2D eigenvalue weighted by molar-refractivity contribution is 5.38. The van der Waals surface area contributed by atoms with Gasteiger partial charge in [0.15, 0.2) is 0 Å². The maximum Gasteiger partial charge on any atom is 0.142 e. The Hall–Kier alpha value is -1.56. The average Bonchev–Trinajstić information content (AvgIpc) is 2.25. The number of hydrogen-bond donors (Lipinski definition) is 1. The van der Waals surface area contributed by atoms with Crippen LogP contribution in [-0.4, -0.2) is 11.5 Å². The minimum Gasteiger partial charge on any atom is -0.370 e. The molecule has 1 aromatic heterocycles. The molecule has 0 saturated heterocycles. The van der Waals surface area contributed by atoms with Gasteiger partial charge in [-0.15, -0.1) is 0 Å². The first kappa shape index (κ1) is 10.5. The van der Waals surface area contributed by atoms with E-state index in [0.717, 1.165) is 18.8 Å². The molecule has 0 unspecified atom stereocenters. The summed E-state index contributed by atoms with van der Waals surface area (Å²) in [6, 6.07) is 7.45. The van der Waals surface area contributed by atoms with Gasteiger partial charge in [-0.25, -0.2) is 4.98 Å². The van der Waals surface area contributed by atoms with Gasteiger partial charge in [-0.2, -0.15) is 5.26 Å². The predicted molar refractivity (Wildman–Crippen MR) is 57.0 cm³/mol. The van der Waals surface area contributed by atoms with Crippen LogP contribution in [0.25, 0.3) is 0 Å². The Morgan fingerprint density at radius 1 is 1.43 bits per heavy atom. The van der Waals surface area contributed by atoms with Gasteiger partial charge in [-0.1, -0.05) is 25.8 Å². The third-order valence-corrected chi connectivity index (χ3v) is 1.95. The molecule has 0 radical (unpaired) electrons. The SMILES string of the molecule is CCCCCNc1cccc(C#N)n1. The van der Waals surface area contributed by atoms with Gasteiger partial charge in [0.2, 0.25) is 0 Å². The molecule has 3 nitrogen and oxygen atoms in total. The van der Waals surface area contributed by atoms with Crippen molar-refractivity contribution in [2.75, 3.05) is 11.9 Å². The topological polar surface area (TPSA) is 48.7 Å². The molecule has 1 N–H and O–H groups in total. The van der Waals surface area contributed by atoms with Gasteiger partial charge in [0.1, 0.15) is 17.6 Å². The standard InChI is InChI=1S/C11H15N3/c1-2-3-4-8-13-11-7-5-6-10(9-12)14-11/h5-7H,2-4,8H2,1H3,(H,13,14). The smallest absolute Gasteiger partial charge is 0.142 e. The Bertz CT molecular complexity index is 315. The number of unbranched alkanes of at least 4 members (excludes halogenated alkanes) is 2. The van der Waals surface area contributed by atoms with Crippen molar-refractivity contribution >= 4 is 5.82 Å². The lowest BCUT2D eigenvalue weighted by molar-refractivity contribution is 0.742. The van der Waals surface area contributed by atoms with Crippen molar-refractivity contribution in [2.45, 2.75) is 26.2 Å². The van der Waals surface area contributed by atoms with Gasteiger partial charge < -0.3 is 5.32 Å². The summed E-state index contributed by atoms with van der Waals surface area (Å²) in [6.45, 7) is 3.10. The van der Waals surface area contributed by atoms with E-state index in [9.17, 15) is 0 Å². The summed E-state index contributed by atoms with van der Waals surface area (Å²) in [4.78, 5) is 4.12. The number of anilines is 1. The fourth-order valence-corrected chi connectivity index (χ4v) is 1.19. The molecule has 0 aliphatic heterocycles. The Balaban J connectivity index is 2.39. The van der Waals surface area contributed by atoms with Crippen LogP contribution in [-0.2, 0) is 0 Å². The van der Waals surface area contributed by atoms with Crippen LogP contribution in [0, 0.1) is 11.3 Å². The summed E-state index contributed by atoms with van der Waals surface area (Å²) in [7, 11) is 0. The van der Waals surface area contributed by atoms with Crippen LogP contribution < -0.4 is 5.32 Å². The summed E-state index contributed by atoms with van der Waals surface area (Å²) in [5, 5.41) is 11.8. The van der Waals surface area contributed by atoms with Crippen molar-refractivity contribution < 1.29 is 0 Å². The van der Waals surface area contributed by atoms with E-state index in [1.165, 1.54) is 12.8 Å². The van der Waals surface area contributed by atoms with E-state index in [0.29, 0.717) is 5.69 Å². The van der Waals surface area contributed by atoms with Crippen LogP contribution in [0.15, 0.2) is 18.2 Å². The molecule has 14 heavy (non-hydrogen) atoms. The second-order valence-electron chi connectivity index (χ2n) is 3.15. The second kappa shape index (κ2) is 5.98. The molecule has 0 saturated carbocycles. The Morgan fingerprint density at radius 2 is 2.29 bits per heavy atom. The fraction of sp³-hybridized carbons (Fsp3) is 0.455. The molecule has 0 amide bonds. The normalized spacial score (nSPS) is 9.43. The van der Waals surface area contributed by atoms with Crippen LogP contribution in [0.3, 0.4) is 0 Å². The monoisotopic (exact) mass is 189 g/mol. The van der Waals surface area contributed by atoms with Gasteiger partial charge >= 0.3 is 0 Å². The molecule has 0 fully saturated rings. The predicted octanol–water partition coefficient (Wildman–Crippen LogP) is 2.56. The number of nitrogens with zero attached hydrogens (tertiary/aromatic N) is 2. The lowest BCUT2D eigenvalue weighted by atomic mass is 10.2. The molecule has 0 bridgehead atoms. The van der Waals surface area contributed by atoms with Gasteiger partial charge in [0.25, 0.3) is 0 Å². The maximum absolute atomic E-state index is 8.63. The summed E-state index contributed by atoms with van der Waals surface area (Å²) in [6.07, 6.45) is 3.59. The molecule has 0 spiro atoms. The van der Waals surface area contributed by atoms with E-state index in [-0.39, 0.29) is 0 Å². The number of aromatic nitrogens is 1. The summed E-state index contributed by atoms with van der Waals surface area (Å²) >= 11 is 0. The molecule has 1 heterocycles. The zero-order chi connectivity index (χ0) is 10.2. The number of rotatable bonds is 5. The minimum atomic E-state index is 0.463. The van der Waals surface area contributed by atoms with Crippen LogP contribution in [0.2, 0.25) is 0 Å². The van der Waals surface area contributed by atoms with E-state index in [1.807, 2.05) is 18.2 Å². The number of pyridine rings is 1. The molecule has 0 aliphatic rings. The van der Waals surface area contributed by atoms with Crippen molar-refractivity contribution in [1.29, 1.82) is 5.26 Å². The van der Waals surface area contributed by atoms with Crippen molar-refractivity contribution in [3.63, 3.8) is 0 Å². The summed E-state index contributed by atoms with van der Waals surface area (Å²) in [5.74, 6) is 0.792. The molecular weight excluding hydrogens is 174 g/mol. The zero-order valence-electron chi connectivity index (χ0n) is 8.45. The van der Waals surface area contributed by atoms with Gasteiger partial charge in [-0.05, 0) is 18.6 Å². The highest BCUT2D eigenvalue weighted by Gasteiger charge is 1.94. The highest BCUT2D eigenvalue weighted by Crippen LogP contribution is 2.04. The number of hydrogen-bond acceptors (Lipinski definition) is 3. The Kier molecular flexibility index (Phi) is 4.49. The summed E-state index contributed by atoms with van der Waals surface area (Å²) < 4.78 is 0.